The van der Waals surface area contributed by atoms with Gasteiger partial charge in [0.05, 0.1) is 6.61 Å². The van der Waals surface area contributed by atoms with Crippen molar-refractivity contribution in [3.8, 4) is 5.75 Å². The molecule has 0 radical (unpaired) electrons. The Bertz CT molecular complexity index is 273. The highest BCUT2D eigenvalue weighted by Crippen LogP contribution is 2.12. The lowest BCUT2D eigenvalue weighted by Gasteiger charge is -2.06. The first kappa shape index (κ1) is 12.1. The van der Waals surface area contributed by atoms with Gasteiger partial charge in [-0.15, -0.1) is 0 Å². The van der Waals surface area contributed by atoms with Crippen LogP contribution in [-0.2, 0) is 0 Å². The number of rotatable bonds is 7. The van der Waals surface area contributed by atoms with Crippen LogP contribution in [0.2, 0.25) is 0 Å². The van der Waals surface area contributed by atoms with Crippen LogP contribution in [0, 0.1) is 6.92 Å². The summed E-state index contributed by atoms with van der Waals surface area (Å²) < 4.78 is 5.64. The number of unbranched alkanes of at least 4 members (excludes halogenated alkanes) is 3. The van der Waals surface area contributed by atoms with Gasteiger partial charge in [-0.25, -0.2) is 0 Å². The molecule has 0 aliphatic carbocycles. The Morgan fingerprint density at radius 2 is 1.93 bits per heavy atom. The summed E-state index contributed by atoms with van der Waals surface area (Å²) in [5.74, 6) is 0.980. The van der Waals surface area contributed by atoms with E-state index in [1.165, 1.54) is 18.4 Å². The molecule has 0 heterocycles. The minimum Gasteiger partial charge on any atom is -0.494 e. The molecule has 1 aromatic rings. The third-order valence-corrected chi connectivity index (χ3v) is 2.36. The van der Waals surface area contributed by atoms with Gasteiger partial charge in [-0.05, 0) is 44.0 Å². The summed E-state index contributed by atoms with van der Waals surface area (Å²) >= 11 is 0. The summed E-state index contributed by atoms with van der Waals surface area (Å²) in [5.41, 5.74) is 6.67. The topological polar surface area (TPSA) is 35.2 Å². The van der Waals surface area contributed by atoms with Gasteiger partial charge >= 0.3 is 0 Å². The van der Waals surface area contributed by atoms with Crippen molar-refractivity contribution in [2.45, 2.75) is 32.6 Å². The van der Waals surface area contributed by atoms with Crippen LogP contribution in [-0.4, -0.2) is 13.2 Å². The van der Waals surface area contributed by atoms with Crippen LogP contribution in [0.25, 0.3) is 0 Å². The summed E-state index contributed by atoms with van der Waals surface area (Å²) in [4.78, 5) is 0. The largest absolute Gasteiger partial charge is 0.494 e. The van der Waals surface area contributed by atoms with Crippen LogP contribution >= 0.6 is 0 Å². The second-order valence-corrected chi connectivity index (χ2v) is 3.87. The first-order valence-electron chi connectivity index (χ1n) is 5.72. The number of aryl methyl sites for hydroxylation is 1. The van der Waals surface area contributed by atoms with Crippen molar-refractivity contribution in [2.24, 2.45) is 5.73 Å². The Labute approximate surface area is 92.4 Å². The maximum Gasteiger partial charge on any atom is 0.119 e. The summed E-state index contributed by atoms with van der Waals surface area (Å²) in [5, 5.41) is 0. The van der Waals surface area contributed by atoms with E-state index in [-0.39, 0.29) is 0 Å². The van der Waals surface area contributed by atoms with Crippen LogP contribution < -0.4 is 10.5 Å². The van der Waals surface area contributed by atoms with Gasteiger partial charge in [0.2, 0.25) is 0 Å². The standard InChI is InChI=1S/C13H21NO/c1-12-7-6-8-13(11-12)15-10-5-3-2-4-9-14/h6-8,11H,2-5,9-10,14H2,1H3. The van der Waals surface area contributed by atoms with E-state index >= 15 is 0 Å². The van der Waals surface area contributed by atoms with E-state index in [0.29, 0.717) is 0 Å². The Morgan fingerprint density at radius 3 is 2.67 bits per heavy atom. The molecule has 2 N–H and O–H groups in total. The molecular weight excluding hydrogens is 186 g/mol. The van der Waals surface area contributed by atoms with Crippen molar-refractivity contribution in [3.05, 3.63) is 29.8 Å². The monoisotopic (exact) mass is 207 g/mol. The molecule has 0 aliphatic heterocycles. The Balaban J connectivity index is 2.10. The molecule has 1 aromatic carbocycles. The third-order valence-electron chi connectivity index (χ3n) is 2.36. The van der Waals surface area contributed by atoms with Gasteiger partial charge in [0.1, 0.15) is 5.75 Å². The Kier molecular flexibility index (Phi) is 5.86. The lowest BCUT2D eigenvalue weighted by molar-refractivity contribution is 0.304. The van der Waals surface area contributed by atoms with E-state index in [2.05, 4.69) is 19.1 Å². The zero-order valence-electron chi connectivity index (χ0n) is 9.54. The van der Waals surface area contributed by atoms with E-state index in [1.807, 2.05) is 12.1 Å². The lowest BCUT2D eigenvalue weighted by Crippen LogP contribution is -2.00. The zero-order valence-corrected chi connectivity index (χ0v) is 9.54. The van der Waals surface area contributed by atoms with Crippen molar-refractivity contribution >= 4 is 0 Å². The van der Waals surface area contributed by atoms with Gasteiger partial charge < -0.3 is 10.5 Å². The summed E-state index contributed by atoms with van der Waals surface area (Å²) in [6, 6.07) is 8.18. The quantitative estimate of drug-likeness (QED) is 0.698. The molecule has 0 saturated carbocycles. The molecule has 15 heavy (non-hydrogen) atoms. The van der Waals surface area contributed by atoms with Gasteiger partial charge in [-0.3, -0.25) is 0 Å². The van der Waals surface area contributed by atoms with E-state index in [0.717, 1.165) is 31.7 Å². The smallest absolute Gasteiger partial charge is 0.119 e. The molecular formula is C13H21NO. The van der Waals surface area contributed by atoms with Gasteiger partial charge in [0.25, 0.3) is 0 Å². The normalized spacial score (nSPS) is 10.3. The van der Waals surface area contributed by atoms with Crippen molar-refractivity contribution in [1.82, 2.24) is 0 Å². The molecule has 1 rings (SSSR count). The molecule has 0 spiro atoms. The second-order valence-electron chi connectivity index (χ2n) is 3.87. The first-order valence-corrected chi connectivity index (χ1v) is 5.72. The van der Waals surface area contributed by atoms with Crippen molar-refractivity contribution in [1.29, 1.82) is 0 Å². The minimum atomic E-state index is 0.804. The number of benzene rings is 1. The fourth-order valence-corrected chi connectivity index (χ4v) is 1.50. The van der Waals surface area contributed by atoms with E-state index in [4.69, 9.17) is 10.5 Å². The molecule has 0 atom stereocenters. The predicted octanol–water partition coefficient (Wildman–Crippen LogP) is 2.89. The average molecular weight is 207 g/mol. The first-order chi connectivity index (χ1) is 7.33. The second kappa shape index (κ2) is 7.30. The van der Waals surface area contributed by atoms with Crippen LogP contribution in [0.15, 0.2) is 24.3 Å². The fourth-order valence-electron chi connectivity index (χ4n) is 1.50. The Hall–Kier alpha value is -1.02. The summed E-state index contributed by atoms with van der Waals surface area (Å²) in [6.07, 6.45) is 4.68. The third kappa shape index (κ3) is 5.43. The number of hydrogen-bond acceptors (Lipinski definition) is 2. The van der Waals surface area contributed by atoms with Crippen molar-refractivity contribution < 1.29 is 4.74 Å². The number of hydrogen-bond donors (Lipinski definition) is 1. The van der Waals surface area contributed by atoms with Crippen LogP contribution in [0.1, 0.15) is 31.2 Å². The zero-order chi connectivity index (χ0) is 10.9. The number of nitrogens with two attached hydrogens (primary N) is 1. The fraction of sp³-hybridized carbons (Fsp3) is 0.538. The molecule has 2 nitrogen and oxygen atoms in total. The molecule has 0 saturated heterocycles. The Morgan fingerprint density at radius 1 is 1.13 bits per heavy atom. The van der Waals surface area contributed by atoms with Gasteiger partial charge in [-0.2, -0.15) is 0 Å². The van der Waals surface area contributed by atoms with Crippen molar-refractivity contribution in [3.63, 3.8) is 0 Å². The molecule has 2 heteroatoms. The lowest BCUT2D eigenvalue weighted by atomic mass is 10.2. The van der Waals surface area contributed by atoms with E-state index < -0.39 is 0 Å². The highest BCUT2D eigenvalue weighted by atomic mass is 16.5. The molecule has 0 unspecified atom stereocenters. The highest BCUT2D eigenvalue weighted by molar-refractivity contribution is 5.27. The molecule has 0 aliphatic rings. The minimum absolute atomic E-state index is 0.804. The van der Waals surface area contributed by atoms with Crippen LogP contribution in [0.4, 0.5) is 0 Å². The summed E-state index contributed by atoms with van der Waals surface area (Å²) in [7, 11) is 0. The molecule has 0 amide bonds. The SMILES string of the molecule is Cc1cccc(OCCCCCCN)c1. The highest BCUT2D eigenvalue weighted by Gasteiger charge is 1.93. The predicted molar refractivity (Wildman–Crippen MR) is 64.2 cm³/mol. The van der Waals surface area contributed by atoms with Crippen LogP contribution in [0.5, 0.6) is 5.75 Å². The number of ether oxygens (including phenoxy) is 1. The summed E-state index contributed by atoms with van der Waals surface area (Å²) in [6.45, 7) is 3.70. The molecule has 0 fully saturated rings. The molecule has 84 valence electrons. The van der Waals surface area contributed by atoms with E-state index in [9.17, 15) is 0 Å². The maximum absolute atomic E-state index is 5.64. The maximum atomic E-state index is 5.64. The molecule has 0 aromatic heterocycles. The van der Waals surface area contributed by atoms with Crippen molar-refractivity contribution in [2.75, 3.05) is 13.2 Å². The van der Waals surface area contributed by atoms with Crippen LogP contribution in [0.3, 0.4) is 0 Å². The van der Waals surface area contributed by atoms with E-state index in [1.54, 1.807) is 0 Å². The molecule has 0 bridgehead atoms. The average Bonchev–Trinajstić information content (AvgIpc) is 2.23. The van der Waals surface area contributed by atoms with Gasteiger partial charge in [0.15, 0.2) is 0 Å². The van der Waals surface area contributed by atoms with Gasteiger partial charge in [-0.1, -0.05) is 25.0 Å². The van der Waals surface area contributed by atoms with Gasteiger partial charge in [0, 0.05) is 0 Å².